The predicted molar refractivity (Wildman–Crippen MR) is 80.1 cm³/mol. The number of fused-ring (bicyclic) bond motifs is 1. The minimum atomic E-state index is 0.0956. The summed E-state index contributed by atoms with van der Waals surface area (Å²) < 4.78 is 11.5. The smallest absolute Gasteiger partial charge is 0.128 e. The molecular formula is C17H25NO2. The van der Waals surface area contributed by atoms with Crippen LogP contribution in [0.1, 0.15) is 56.6 Å². The standard InChI is InChI=1S/C17H25NO2/c1-19-13-7-8-15-16(18)10-14(20-17(15)11-13)9-12-5-3-2-4-6-12/h7-8,11-12,14,16H,2-6,9-10,18H2,1H3/t14?,16-/m1/s1. The highest BCUT2D eigenvalue weighted by molar-refractivity contribution is 5.43. The van der Waals surface area contributed by atoms with Crippen LogP contribution in [-0.2, 0) is 0 Å². The Morgan fingerprint density at radius 3 is 2.80 bits per heavy atom. The molecule has 1 aliphatic heterocycles. The molecule has 20 heavy (non-hydrogen) atoms. The minimum Gasteiger partial charge on any atom is -0.497 e. The Kier molecular flexibility index (Phi) is 4.16. The summed E-state index contributed by atoms with van der Waals surface area (Å²) in [5.74, 6) is 2.59. The third kappa shape index (κ3) is 2.93. The highest BCUT2D eigenvalue weighted by Gasteiger charge is 2.28. The predicted octanol–water partition coefficient (Wildman–Crippen LogP) is 3.82. The molecule has 0 radical (unpaired) electrons. The quantitative estimate of drug-likeness (QED) is 0.912. The number of ether oxygens (including phenoxy) is 2. The lowest BCUT2D eigenvalue weighted by molar-refractivity contribution is 0.120. The Morgan fingerprint density at radius 1 is 1.25 bits per heavy atom. The first-order chi connectivity index (χ1) is 9.76. The fourth-order valence-corrected chi connectivity index (χ4v) is 3.63. The Morgan fingerprint density at radius 2 is 2.05 bits per heavy atom. The molecule has 1 aliphatic carbocycles. The third-order valence-corrected chi connectivity index (χ3v) is 4.75. The number of methoxy groups -OCH3 is 1. The summed E-state index contributed by atoms with van der Waals surface area (Å²) >= 11 is 0. The number of benzene rings is 1. The zero-order valence-electron chi connectivity index (χ0n) is 12.3. The molecule has 1 unspecified atom stereocenters. The van der Waals surface area contributed by atoms with E-state index in [2.05, 4.69) is 0 Å². The van der Waals surface area contributed by atoms with E-state index in [0.29, 0.717) is 0 Å². The van der Waals surface area contributed by atoms with Gasteiger partial charge in [-0.3, -0.25) is 0 Å². The molecule has 0 bridgehead atoms. The molecule has 1 saturated carbocycles. The van der Waals surface area contributed by atoms with Crippen molar-refractivity contribution < 1.29 is 9.47 Å². The SMILES string of the molecule is COc1ccc2c(c1)OC(CC1CCCCC1)C[C@H]2N. The second-order valence-corrected chi connectivity index (χ2v) is 6.23. The molecule has 3 rings (SSSR count). The van der Waals surface area contributed by atoms with Gasteiger partial charge in [-0.15, -0.1) is 0 Å². The Labute approximate surface area is 121 Å². The second kappa shape index (κ2) is 6.04. The van der Waals surface area contributed by atoms with Gasteiger partial charge in [0, 0.05) is 24.1 Å². The molecule has 2 aliphatic rings. The van der Waals surface area contributed by atoms with E-state index in [-0.39, 0.29) is 12.1 Å². The number of rotatable bonds is 3. The van der Waals surface area contributed by atoms with Crippen molar-refractivity contribution >= 4 is 0 Å². The van der Waals surface area contributed by atoms with Crippen molar-refractivity contribution in [2.45, 2.75) is 57.1 Å². The van der Waals surface area contributed by atoms with E-state index in [4.69, 9.17) is 15.2 Å². The van der Waals surface area contributed by atoms with E-state index in [9.17, 15) is 0 Å². The van der Waals surface area contributed by atoms with Crippen LogP contribution in [0.4, 0.5) is 0 Å². The van der Waals surface area contributed by atoms with E-state index < -0.39 is 0 Å². The van der Waals surface area contributed by atoms with Crippen LogP contribution in [0.2, 0.25) is 0 Å². The molecule has 2 N–H and O–H groups in total. The van der Waals surface area contributed by atoms with Crippen molar-refractivity contribution in [2.75, 3.05) is 7.11 Å². The molecule has 2 atom stereocenters. The molecule has 1 fully saturated rings. The molecule has 0 aromatic heterocycles. The van der Waals surface area contributed by atoms with Crippen LogP contribution in [0, 0.1) is 5.92 Å². The van der Waals surface area contributed by atoms with Crippen LogP contribution in [0.3, 0.4) is 0 Å². The summed E-state index contributed by atoms with van der Waals surface area (Å²) in [7, 11) is 1.68. The lowest BCUT2D eigenvalue weighted by atomic mass is 9.83. The van der Waals surface area contributed by atoms with Gasteiger partial charge in [0.05, 0.1) is 7.11 Å². The van der Waals surface area contributed by atoms with Gasteiger partial charge in [-0.1, -0.05) is 38.2 Å². The van der Waals surface area contributed by atoms with Crippen LogP contribution < -0.4 is 15.2 Å². The van der Waals surface area contributed by atoms with Gasteiger partial charge >= 0.3 is 0 Å². The molecule has 110 valence electrons. The molecule has 0 spiro atoms. The fourth-order valence-electron chi connectivity index (χ4n) is 3.63. The van der Waals surface area contributed by atoms with Gasteiger partial charge in [0.1, 0.15) is 17.6 Å². The highest BCUT2D eigenvalue weighted by atomic mass is 16.5. The summed E-state index contributed by atoms with van der Waals surface area (Å²) in [6.45, 7) is 0. The summed E-state index contributed by atoms with van der Waals surface area (Å²) in [5.41, 5.74) is 7.43. The van der Waals surface area contributed by atoms with E-state index in [1.807, 2.05) is 18.2 Å². The number of nitrogens with two attached hydrogens (primary N) is 1. The summed E-state index contributed by atoms with van der Waals surface area (Å²) in [6, 6.07) is 6.07. The van der Waals surface area contributed by atoms with Crippen LogP contribution in [0.15, 0.2) is 18.2 Å². The third-order valence-electron chi connectivity index (χ3n) is 4.75. The van der Waals surface area contributed by atoms with Gasteiger partial charge in [-0.05, 0) is 18.4 Å². The Hall–Kier alpha value is -1.22. The average Bonchev–Trinajstić information content (AvgIpc) is 2.47. The van der Waals surface area contributed by atoms with Crippen molar-refractivity contribution in [1.82, 2.24) is 0 Å². The maximum Gasteiger partial charge on any atom is 0.128 e. The van der Waals surface area contributed by atoms with Crippen molar-refractivity contribution in [1.29, 1.82) is 0 Å². The van der Waals surface area contributed by atoms with Gasteiger partial charge < -0.3 is 15.2 Å². The maximum atomic E-state index is 6.31. The lowest BCUT2D eigenvalue weighted by Gasteiger charge is -2.33. The van der Waals surface area contributed by atoms with Crippen molar-refractivity contribution in [2.24, 2.45) is 11.7 Å². The van der Waals surface area contributed by atoms with E-state index in [0.717, 1.165) is 35.8 Å². The maximum absolute atomic E-state index is 6.31. The normalized spacial score (nSPS) is 26.7. The highest BCUT2D eigenvalue weighted by Crippen LogP contribution is 2.39. The zero-order chi connectivity index (χ0) is 13.9. The van der Waals surface area contributed by atoms with Gasteiger partial charge in [-0.2, -0.15) is 0 Å². The second-order valence-electron chi connectivity index (χ2n) is 6.23. The Bertz CT molecular complexity index is 454. The number of hydrogen-bond donors (Lipinski definition) is 1. The monoisotopic (exact) mass is 275 g/mol. The molecule has 1 aromatic carbocycles. The van der Waals surface area contributed by atoms with Gasteiger partial charge in [0.25, 0.3) is 0 Å². The number of hydrogen-bond acceptors (Lipinski definition) is 3. The summed E-state index contributed by atoms with van der Waals surface area (Å²) in [6.07, 6.45) is 9.26. The topological polar surface area (TPSA) is 44.5 Å². The van der Waals surface area contributed by atoms with Crippen molar-refractivity contribution in [3.63, 3.8) is 0 Å². The van der Waals surface area contributed by atoms with E-state index in [1.165, 1.54) is 32.1 Å². The van der Waals surface area contributed by atoms with Crippen LogP contribution in [-0.4, -0.2) is 13.2 Å². The van der Waals surface area contributed by atoms with Crippen molar-refractivity contribution in [3.05, 3.63) is 23.8 Å². The first-order valence-electron chi connectivity index (χ1n) is 7.86. The molecule has 0 amide bonds. The molecular weight excluding hydrogens is 250 g/mol. The molecule has 3 heteroatoms. The van der Waals surface area contributed by atoms with Crippen molar-refractivity contribution in [3.8, 4) is 11.5 Å². The molecule has 1 heterocycles. The van der Waals surface area contributed by atoms with E-state index in [1.54, 1.807) is 7.11 Å². The first-order valence-corrected chi connectivity index (χ1v) is 7.86. The van der Waals surface area contributed by atoms with Crippen LogP contribution >= 0.6 is 0 Å². The first kappa shape index (κ1) is 13.7. The van der Waals surface area contributed by atoms with Crippen LogP contribution in [0.5, 0.6) is 11.5 Å². The summed E-state index contributed by atoms with van der Waals surface area (Å²) in [5, 5.41) is 0. The molecule has 0 saturated heterocycles. The average molecular weight is 275 g/mol. The molecule has 3 nitrogen and oxygen atoms in total. The van der Waals surface area contributed by atoms with Crippen LogP contribution in [0.25, 0.3) is 0 Å². The largest absolute Gasteiger partial charge is 0.497 e. The van der Waals surface area contributed by atoms with E-state index >= 15 is 0 Å². The zero-order valence-corrected chi connectivity index (χ0v) is 12.3. The summed E-state index contributed by atoms with van der Waals surface area (Å²) in [4.78, 5) is 0. The Balaban J connectivity index is 1.70. The minimum absolute atomic E-state index is 0.0956. The lowest BCUT2D eigenvalue weighted by Crippen LogP contribution is -2.31. The fraction of sp³-hybridized carbons (Fsp3) is 0.647. The van der Waals surface area contributed by atoms with Gasteiger partial charge in [0.2, 0.25) is 0 Å². The van der Waals surface area contributed by atoms with Gasteiger partial charge in [-0.25, -0.2) is 0 Å². The molecule has 1 aromatic rings. The van der Waals surface area contributed by atoms with Gasteiger partial charge in [0.15, 0.2) is 0 Å².